The molecule has 9 nitrogen and oxygen atoms in total. The molecule has 21 heavy (non-hydrogen) atoms. The van der Waals surface area contributed by atoms with Crippen molar-refractivity contribution in [3.8, 4) is 0 Å². The van der Waals surface area contributed by atoms with E-state index in [-0.39, 0.29) is 16.9 Å². The molecule has 110 valence electrons. The fourth-order valence-electron chi connectivity index (χ4n) is 1.72. The fraction of sp³-hybridized carbons (Fsp3) is 0.250. The molecule has 0 atom stereocenters. The van der Waals surface area contributed by atoms with Crippen LogP contribution in [-0.2, 0) is 6.42 Å². The van der Waals surface area contributed by atoms with Crippen molar-refractivity contribution < 1.29 is 19.3 Å². The number of carboxylic acid groups (broad SMARTS) is 1. The minimum Gasteiger partial charge on any atom is -0.478 e. The Morgan fingerprint density at radius 1 is 1.52 bits per heavy atom. The normalized spacial score (nSPS) is 10.3. The predicted octanol–water partition coefficient (Wildman–Crippen LogP) is 1.64. The second-order valence-corrected chi connectivity index (χ2v) is 4.21. The molecule has 2 N–H and O–H groups in total. The molecule has 0 radical (unpaired) electrons. The van der Waals surface area contributed by atoms with E-state index in [4.69, 9.17) is 9.63 Å². The lowest BCUT2D eigenvalue weighted by Gasteiger charge is -2.06. The highest BCUT2D eigenvalue weighted by Gasteiger charge is 2.16. The smallest absolute Gasteiger partial charge is 0.335 e. The van der Waals surface area contributed by atoms with Gasteiger partial charge < -0.3 is 14.9 Å². The standard InChI is InChI=1S/C12H12N4O5/c1-7-14-11(21-15-7)4-5-13-9-6-8(12(17)18)2-3-10(9)16(19)20/h2-3,6,13H,4-5H2,1H3,(H,17,18). The molecular weight excluding hydrogens is 280 g/mol. The van der Waals surface area contributed by atoms with Gasteiger partial charge in [-0.05, 0) is 19.1 Å². The van der Waals surface area contributed by atoms with Gasteiger partial charge in [-0.1, -0.05) is 5.16 Å². The molecule has 0 aliphatic heterocycles. The van der Waals surface area contributed by atoms with E-state index in [2.05, 4.69) is 15.5 Å². The monoisotopic (exact) mass is 292 g/mol. The van der Waals surface area contributed by atoms with Gasteiger partial charge in [0.15, 0.2) is 5.82 Å². The third-order valence-corrected chi connectivity index (χ3v) is 2.66. The van der Waals surface area contributed by atoms with E-state index < -0.39 is 10.9 Å². The van der Waals surface area contributed by atoms with Crippen molar-refractivity contribution in [2.24, 2.45) is 0 Å². The summed E-state index contributed by atoms with van der Waals surface area (Å²) in [5.74, 6) is -0.249. The molecule has 0 saturated heterocycles. The van der Waals surface area contributed by atoms with Crippen molar-refractivity contribution in [3.63, 3.8) is 0 Å². The first-order valence-electron chi connectivity index (χ1n) is 6.02. The Bertz CT molecular complexity index is 682. The van der Waals surface area contributed by atoms with Crippen LogP contribution in [-0.4, -0.2) is 32.7 Å². The maximum Gasteiger partial charge on any atom is 0.335 e. The zero-order chi connectivity index (χ0) is 15.4. The molecule has 0 unspecified atom stereocenters. The van der Waals surface area contributed by atoms with Crippen molar-refractivity contribution in [1.82, 2.24) is 10.1 Å². The SMILES string of the molecule is Cc1noc(CCNc2cc(C(=O)O)ccc2[N+](=O)[O-])n1. The average molecular weight is 292 g/mol. The molecule has 2 rings (SSSR count). The number of hydrogen-bond donors (Lipinski definition) is 2. The minimum absolute atomic E-state index is 0.0308. The summed E-state index contributed by atoms with van der Waals surface area (Å²) in [5, 5.41) is 26.3. The molecule has 0 bridgehead atoms. The molecule has 9 heteroatoms. The Balaban J connectivity index is 2.11. The number of nitro groups is 1. The quantitative estimate of drug-likeness (QED) is 0.606. The molecule has 2 aromatic rings. The molecule has 0 saturated carbocycles. The molecule has 0 aliphatic carbocycles. The van der Waals surface area contributed by atoms with Crippen molar-refractivity contribution in [1.29, 1.82) is 0 Å². The second-order valence-electron chi connectivity index (χ2n) is 4.21. The maximum atomic E-state index is 10.9. The third-order valence-electron chi connectivity index (χ3n) is 2.66. The highest BCUT2D eigenvalue weighted by atomic mass is 16.6. The second kappa shape index (κ2) is 5.99. The number of nitrogens with one attached hydrogen (secondary N) is 1. The van der Waals surface area contributed by atoms with Crippen molar-refractivity contribution in [2.45, 2.75) is 13.3 Å². The molecule has 1 aromatic heterocycles. The van der Waals surface area contributed by atoms with E-state index in [0.717, 1.165) is 6.07 Å². The number of nitro benzene ring substituents is 1. The maximum absolute atomic E-state index is 10.9. The lowest BCUT2D eigenvalue weighted by Crippen LogP contribution is -2.08. The Morgan fingerprint density at radius 2 is 2.29 bits per heavy atom. The van der Waals surface area contributed by atoms with E-state index in [9.17, 15) is 14.9 Å². The summed E-state index contributed by atoms with van der Waals surface area (Å²) in [4.78, 5) is 25.2. The van der Waals surface area contributed by atoms with Crippen LogP contribution >= 0.6 is 0 Å². The van der Waals surface area contributed by atoms with Crippen LogP contribution in [0.3, 0.4) is 0 Å². The van der Waals surface area contributed by atoms with Gasteiger partial charge in [0.05, 0.1) is 10.5 Å². The highest BCUT2D eigenvalue weighted by molar-refractivity contribution is 5.90. The van der Waals surface area contributed by atoms with Gasteiger partial charge in [-0.2, -0.15) is 4.98 Å². The van der Waals surface area contributed by atoms with Gasteiger partial charge in [0.25, 0.3) is 5.69 Å². The van der Waals surface area contributed by atoms with E-state index in [1.807, 2.05) is 0 Å². The van der Waals surface area contributed by atoms with Gasteiger partial charge in [-0.25, -0.2) is 4.79 Å². The number of hydrogen-bond acceptors (Lipinski definition) is 7. The van der Waals surface area contributed by atoms with Gasteiger partial charge in [-0.15, -0.1) is 0 Å². The van der Waals surface area contributed by atoms with Crippen LogP contribution < -0.4 is 5.32 Å². The average Bonchev–Trinajstić information content (AvgIpc) is 2.84. The predicted molar refractivity (Wildman–Crippen MR) is 71.3 cm³/mol. The number of aromatic nitrogens is 2. The summed E-state index contributed by atoms with van der Waals surface area (Å²) in [5.41, 5.74) is -0.0884. The molecular formula is C12H12N4O5. The van der Waals surface area contributed by atoms with Gasteiger partial charge >= 0.3 is 5.97 Å². The van der Waals surface area contributed by atoms with Crippen molar-refractivity contribution in [3.05, 3.63) is 45.6 Å². The Morgan fingerprint density at radius 3 is 2.86 bits per heavy atom. The molecule has 0 amide bonds. The number of anilines is 1. The van der Waals surface area contributed by atoms with Gasteiger partial charge in [0, 0.05) is 19.0 Å². The topological polar surface area (TPSA) is 131 Å². The van der Waals surface area contributed by atoms with Crippen LogP contribution in [0.25, 0.3) is 0 Å². The summed E-state index contributed by atoms with van der Waals surface area (Å²) in [6, 6.07) is 3.56. The van der Waals surface area contributed by atoms with E-state index in [1.54, 1.807) is 6.92 Å². The number of nitrogens with zero attached hydrogens (tertiary/aromatic N) is 3. The van der Waals surface area contributed by atoms with Crippen LogP contribution in [0.15, 0.2) is 22.7 Å². The zero-order valence-electron chi connectivity index (χ0n) is 11.1. The number of aromatic carboxylic acids is 1. The van der Waals surface area contributed by atoms with Crippen LogP contribution in [0.1, 0.15) is 22.1 Å². The first-order chi connectivity index (χ1) is 9.97. The number of carbonyl (C=O) groups is 1. The van der Waals surface area contributed by atoms with Crippen LogP contribution in [0, 0.1) is 17.0 Å². The summed E-state index contributed by atoms with van der Waals surface area (Å²) >= 11 is 0. The molecule has 0 aliphatic rings. The number of rotatable bonds is 6. The molecule has 1 heterocycles. The number of aryl methyl sites for hydroxylation is 1. The minimum atomic E-state index is -1.15. The van der Waals surface area contributed by atoms with Crippen LogP contribution in [0.5, 0.6) is 0 Å². The third kappa shape index (κ3) is 3.53. The van der Waals surface area contributed by atoms with Crippen LogP contribution in [0.2, 0.25) is 0 Å². The largest absolute Gasteiger partial charge is 0.478 e. The van der Waals surface area contributed by atoms with Crippen molar-refractivity contribution >= 4 is 17.3 Å². The summed E-state index contributed by atoms with van der Waals surface area (Å²) < 4.78 is 4.91. The lowest BCUT2D eigenvalue weighted by atomic mass is 10.1. The Kier molecular flexibility index (Phi) is 4.12. The Labute approximate surface area is 118 Å². The van der Waals surface area contributed by atoms with E-state index in [0.29, 0.717) is 24.7 Å². The van der Waals surface area contributed by atoms with Gasteiger partial charge in [0.1, 0.15) is 5.69 Å². The summed E-state index contributed by atoms with van der Waals surface area (Å²) in [6.45, 7) is 1.98. The summed E-state index contributed by atoms with van der Waals surface area (Å²) in [7, 11) is 0. The number of carboxylic acids is 1. The number of benzene rings is 1. The highest BCUT2D eigenvalue weighted by Crippen LogP contribution is 2.25. The molecule has 1 aromatic carbocycles. The van der Waals surface area contributed by atoms with Crippen molar-refractivity contribution in [2.75, 3.05) is 11.9 Å². The lowest BCUT2D eigenvalue weighted by molar-refractivity contribution is -0.384. The summed E-state index contributed by atoms with van der Waals surface area (Å²) in [6.07, 6.45) is 0.370. The zero-order valence-corrected chi connectivity index (χ0v) is 11.1. The molecule has 0 fully saturated rings. The Hall–Kier alpha value is -2.97. The fourth-order valence-corrected chi connectivity index (χ4v) is 1.72. The first-order valence-corrected chi connectivity index (χ1v) is 6.02. The first kappa shape index (κ1) is 14.4. The van der Waals surface area contributed by atoms with Gasteiger partial charge in [0.2, 0.25) is 5.89 Å². The van der Waals surface area contributed by atoms with E-state index in [1.165, 1.54) is 12.1 Å². The van der Waals surface area contributed by atoms with Gasteiger partial charge in [-0.3, -0.25) is 10.1 Å². The van der Waals surface area contributed by atoms with E-state index >= 15 is 0 Å². The molecule has 0 spiro atoms. The van der Waals surface area contributed by atoms with Crippen LogP contribution in [0.4, 0.5) is 11.4 Å².